The minimum atomic E-state index is 0.461. The van der Waals surface area contributed by atoms with E-state index in [9.17, 15) is 0 Å². The van der Waals surface area contributed by atoms with E-state index in [1.807, 2.05) is 0 Å². The van der Waals surface area contributed by atoms with Crippen LogP contribution in [0.4, 0.5) is 0 Å². The van der Waals surface area contributed by atoms with E-state index < -0.39 is 0 Å². The SMILES string of the molecule is Cc1ccc(C(=NC2CCCCC2)c2cc3ccccc3n2C)cc1. The first kappa shape index (κ1) is 16.1. The van der Waals surface area contributed by atoms with E-state index in [4.69, 9.17) is 4.99 Å². The molecule has 4 rings (SSSR count). The molecule has 2 heteroatoms. The predicted octanol–water partition coefficient (Wildman–Crippen LogP) is 5.66. The smallest absolute Gasteiger partial charge is 0.0887 e. The van der Waals surface area contributed by atoms with Crippen LogP contribution in [0.25, 0.3) is 10.9 Å². The summed E-state index contributed by atoms with van der Waals surface area (Å²) in [7, 11) is 2.16. The van der Waals surface area contributed by atoms with Gasteiger partial charge in [0.05, 0.1) is 17.4 Å². The van der Waals surface area contributed by atoms with Gasteiger partial charge >= 0.3 is 0 Å². The van der Waals surface area contributed by atoms with E-state index in [1.165, 1.54) is 59.8 Å². The van der Waals surface area contributed by atoms with Crippen molar-refractivity contribution in [1.29, 1.82) is 0 Å². The molecule has 0 amide bonds. The third kappa shape index (κ3) is 3.26. The molecular weight excluding hydrogens is 304 g/mol. The van der Waals surface area contributed by atoms with Crippen LogP contribution in [0, 0.1) is 6.92 Å². The Bertz CT molecular complexity index is 893. The molecule has 1 heterocycles. The van der Waals surface area contributed by atoms with Crippen LogP contribution in [0.5, 0.6) is 0 Å². The zero-order valence-corrected chi connectivity index (χ0v) is 15.2. The molecule has 0 saturated heterocycles. The maximum absolute atomic E-state index is 5.26. The number of aryl methyl sites for hydroxylation is 2. The lowest BCUT2D eigenvalue weighted by atomic mass is 9.95. The third-order valence-corrected chi connectivity index (χ3v) is 5.41. The molecule has 1 aromatic heterocycles. The first-order chi connectivity index (χ1) is 12.2. The van der Waals surface area contributed by atoms with Crippen molar-refractivity contribution in [2.75, 3.05) is 0 Å². The second-order valence-electron chi connectivity index (χ2n) is 7.28. The topological polar surface area (TPSA) is 17.3 Å². The molecule has 2 aromatic carbocycles. The minimum absolute atomic E-state index is 0.461. The van der Waals surface area contributed by atoms with Gasteiger partial charge in [-0.05, 0) is 31.9 Å². The summed E-state index contributed by atoms with van der Waals surface area (Å²) < 4.78 is 2.29. The van der Waals surface area contributed by atoms with Gasteiger partial charge in [0.25, 0.3) is 0 Å². The predicted molar refractivity (Wildman–Crippen MR) is 107 cm³/mol. The molecule has 0 atom stereocenters. The summed E-state index contributed by atoms with van der Waals surface area (Å²) in [6.07, 6.45) is 6.42. The van der Waals surface area contributed by atoms with Crippen molar-refractivity contribution in [2.24, 2.45) is 12.0 Å². The molecule has 1 fully saturated rings. The summed E-state index contributed by atoms with van der Waals surface area (Å²) in [6, 6.07) is 20.1. The molecule has 0 bridgehead atoms. The van der Waals surface area contributed by atoms with Crippen LogP contribution in [0.15, 0.2) is 59.6 Å². The van der Waals surface area contributed by atoms with Gasteiger partial charge in [-0.2, -0.15) is 0 Å². The number of aromatic nitrogens is 1. The molecule has 1 saturated carbocycles. The van der Waals surface area contributed by atoms with Crippen LogP contribution >= 0.6 is 0 Å². The Morgan fingerprint density at radius 1 is 0.960 bits per heavy atom. The van der Waals surface area contributed by atoms with Gasteiger partial charge in [-0.3, -0.25) is 4.99 Å². The van der Waals surface area contributed by atoms with Crippen LogP contribution in [0.1, 0.15) is 48.9 Å². The standard InChI is InChI=1S/C23H26N2/c1-17-12-14-18(15-13-17)23(24-20-9-4-3-5-10-20)22-16-19-8-6-7-11-21(19)25(22)2/h6-8,11-16,20H,3-5,9-10H2,1-2H3. The number of fused-ring (bicyclic) bond motifs is 1. The van der Waals surface area contributed by atoms with Crippen molar-refractivity contribution >= 4 is 16.6 Å². The Hall–Kier alpha value is -2.35. The Balaban J connectivity index is 1.85. The van der Waals surface area contributed by atoms with E-state index in [-0.39, 0.29) is 0 Å². The van der Waals surface area contributed by atoms with E-state index >= 15 is 0 Å². The molecule has 0 spiro atoms. The summed E-state index contributed by atoms with van der Waals surface area (Å²) in [5.41, 5.74) is 6.14. The minimum Gasteiger partial charge on any atom is -0.342 e. The lowest BCUT2D eigenvalue weighted by Crippen LogP contribution is -2.16. The second kappa shape index (κ2) is 6.87. The van der Waals surface area contributed by atoms with Gasteiger partial charge in [-0.25, -0.2) is 0 Å². The quantitative estimate of drug-likeness (QED) is 0.552. The fourth-order valence-corrected chi connectivity index (χ4v) is 3.91. The Labute approximate surface area is 150 Å². The van der Waals surface area contributed by atoms with Gasteiger partial charge in [0, 0.05) is 23.5 Å². The number of aliphatic imine (C=N–C) groups is 1. The zero-order chi connectivity index (χ0) is 17.2. The first-order valence-electron chi connectivity index (χ1n) is 9.42. The number of hydrogen-bond donors (Lipinski definition) is 0. The van der Waals surface area contributed by atoms with Gasteiger partial charge in [-0.1, -0.05) is 67.3 Å². The number of nitrogens with zero attached hydrogens (tertiary/aromatic N) is 2. The van der Waals surface area contributed by atoms with Crippen molar-refractivity contribution in [3.63, 3.8) is 0 Å². The number of hydrogen-bond acceptors (Lipinski definition) is 1. The molecule has 0 aliphatic heterocycles. The highest BCUT2D eigenvalue weighted by atomic mass is 15.0. The zero-order valence-electron chi connectivity index (χ0n) is 15.2. The maximum atomic E-state index is 5.26. The number of rotatable bonds is 3. The van der Waals surface area contributed by atoms with Gasteiger partial charge < -0.3 is 4.57 Å². The molecule has 1 aliphatic rings. The van der Waals surface area contributed by atoms with Crippen molar-refractivity contribution < 1.29 is 0 Å². The van der Waals surface area contributed by atoms with Crippen LogP contribution in [0.3, 0.4) is 0 Å². The van der Waals surface area contributed by atoms with Crippen LogP contribution in [-0.2, 0) is 7.05 Å². The molecule has 0 radical (unpaired) electrons. The Morgan fingerprint density at radius 3 is 2.40 bits per heavy atom. The molecular formula is C23H26N2. The lowest BCUT2D eigenvalue weighted by molar-refractivity contribution is 0.443. The average molecular weight is 330 g/mol. The van der Waals surface area contributed by atoms with Gasteiger partial charge in [0.15, 0.2) is 0 Å². The van der Waals surface area contributed by atoms with Gasteiger partial charge in [0.1, 0.15) is 0 Å². The van der Waals surface area contributed by atoms with E-state index in [0.29, 0.717) is 6.04 Å². The Morgan fingerprint density at radius 2 is 1.68 bits per heavy atom. The van der Waals surface area contributed by atoms with Crippen molar-refractivity contribution in [2.45, 2.75) is 45.1 Å². The number of benzene rings is 2. The van der Waals surface area contributed by atoms with Crippen LogP contribution in [0.2, 0.25) is 0 Å². The highest BCUT2D eigenvalue weighted by molar-refractivity contribution is 6.14. The molecule has 0 N–H and O–H groups in total. The first-order valence-corrected chi connectivity index (χ1v) is 9.42. The van der Waals surface area contributed by atoms with E-state index in [2.05, 4.69) is 73.1 Å². The largest absolute Gasteiger partial charge is 0.342 e. The Kier molecular flexibility index (Phi) is 4.44. The van der Waals surface area contributed by atoms with Gasteiger partial charge in [-0.15, -0.1) is 0 Å². The average Bonchev–Trinajstić information content (AvgIpc) is 2.98. The highest BCUT2D eigenvalue weighted by Crippen LogP contribution is 2.25. The highest BCUT2D eigenvalue weighted by Gasteiger charge is 2.18. The molecule has 25 heavy (non-hydrogen) atoms. The van der Waals surface area contributed by atoms with Crippen molar-refractivity contribution in [3.05, 3.63) is 71.4 Å². The van der Waals surface area contributed by atoms with Crippen molar-refractivity contribution in [1.82, 2.24) is 4.57 Å². The van der Waals surface area contributed by atoms with E-state index in [0.717, 1.165) is 5.71 Å². The van der Waals surface area contributed by atoms with Crippen LogP contribution in [-0.4, -0.2) is 16.3 Å². The van der Waals surface area contributed by atoms with Gasteiger partial charge in [0.2, 0.25) is 0 Å². The molecule has 0 unspecified atom stereocenters. The molecule has 2 nitrogen and oxygen atoms in total. The molecule has 1 aliphatic carbocycles. The maximum Gasteiger partial charge on any atom is 0.0887 e. The van der Waals surface area contributed by atoms with E-state index in [1.54, 1.807) is 0 Å². The van der Waals surface area contributed by atoms with Crippen LogP contribution < -0.4 is 0 Å². The summed E-state index contributed by atoms with van der Waals surface area (Å²) >= 11 is 0. The molecule has 3 aromatic rings. The summed E-state index contributed by atoms with van der Waals surface area (Å²) in [5.74, 6) is 0. The summed E-state index contributed by atoms with van der Waals surface area (Å²) in [5, 5.41) is 1.28. The summed E-state index contributed by atoms with van der Waals surface area (Å²) in [6.45, 7) is 2.14. The monoisotopic (exact) mass is 330 g/mol. The summed E-state index contributed by atoms with van der Waals surface area (Å²) in [4.78, 5) is 5.26. The fourth-order valence-electron chi connectivity index (χ4n) is 3.91. The van der Waals surface area contributed by atoms with Crippen molar-refractivity contribution in [3.8, 4) is 0 Å². The number of para-hydroxylation sites is 1. The third-order valence-electron chi connectivity index (χ3n) is 5.41. The fraction of sp³-hybridized carbons (Fsp3) is 0.348. The normalized spacial score (nSPS) is 16.5. The second-order valence-corrected chi connectivity index (χ2v) is 7.28. The molecule has 128 valence electrons. The lowest BCUT2D eigenvalue weighted by Gasteiger charge is -2.20.